The van der Waals surface area contributed by atoms with E-state index in [1.165, 1.54) is 0 Å². The lowest BCUT2D eigenvalue weighted by molar-refractivity contribution is -0.274. The molecule has 1 aliphatic rings. The molecule has 28 heavy (non-hydrogen) atoms. The summed E-state index contributed by atoms with van der Waals surface area (Å²) in [7, 11) is 1.26. The SMILES string of the molecule is COC1c2cccc(OCc3ccccc3)c2C1(OC)O[Si](C)(C)C(C)(C)C. The summed E-state index contributed by atoms with van der Waals surface area (Å²) < 4.78 is 24.9. The fraction of sp³-hybridized carbons (Fsp3) is 0.478. The van der Waals surface area contributed by atoms with Crippen molar-refractivity contribution in [1.82, 2.24) is 0 Å². The van der Waals surface area contributed by atoms with Crippen molar-refractivity contribution in [3.63, 3.8) is 0 Å². The molecule has 0 saturated carbocycles. The zero-order valence-corrected chi connectivity index (χ0v) is 19.0. The van der Waals surface area contributed by atoms with E-state index in [9.17, 15) is 0 Å². The quantitative estimate of drug-likeness (QED) is 0.435. The standard InChI is InChI=1S/C23H32O4Si/c1-22(2,3)28(6,7)27-23(25-5)20-18(21(23)24-4)14-11-15-19(20)26-16-17-12-9-8-10-13-17/h8-15,21H,16H2,1-7H3. The molecule has 0 aliphatic heterocycles. The molecular weight excluding hydrogens is 368 g/mol. The van der Waals surface area contributed by atoms with Gasteiger partial charge in [0.2, 0.25) is 5.79 Å². The van der Waals surface area contributed by atoms with Gasteiger partial charge in [-0.3, -0.25) is 0 Å². The van der Waals surface area contributed by atoms with E-state index in [1.807, 2.05) is 30.3 Å². The Hall–Kier alpha value is -1.66. The van der Waals surface area contributed by atoms with Crippen molar-refractivity contribution in [2.75, 3.05) is 14.2 Å². The highest BCUT2D eigenvalue weighted by Gasteiger charge is 2.60. The van der Waals surface area contributed by atoms with Crippen LogP contribution in [0.15, 0.2) is 48.5 Å². The van der Waals surface area contributed by atoms with Crippen LogP contribution >= 0.6 is 0 Å². The average Bonchev–Trinajstić information content (AvgIpc) is 2.64. The summed E-state index contributed by atoms with van der Waals surface area (Å²) in [6.07, 6.45) is -0.276. The van der Waals surface area contributed by atoms with E-state index in [2.05, 4.69) is 52.1 Å². The molecule has 152 valence electrons. The molecule has 5 heteroatoms. The van der Waals surface area contributed by atoms with Crippen LogP contribution in [0, 0.1) is 0 Å². The highest BCUT2D eigenvalue weighted by atomic mass is 28.4. The van der Waals surface area contributed by atoms with Crippen molar-refractivity contribution in [1.29, 1.82) is 0 Å². The highest BCUT2D eigenvalue weighted by Crippen LogP contribution is 2.59. The molecule has 0 saturated heterocycles. The molecule has 4 nitrogen and oxygen atoms in total. The summed E-state index contributed by atoms with van der Waals surface area (Å²) in [5.74, 6) is -0.157. The summed E-state index contributed by atoms with van der Waals surface area (Å²) in [6, 6.07) is 16.2. The molecule has 2 unspecified atom stereocenters. The maximum atomic E-state index is 6.81. The molecule has 3 rings (SSSR count). The third-order valence-corrected chi connectivity index (χ3v) is 10.4. The van der Waals surface area contributed by atoms with Gasteiger partial charge in [0.15, 0.2) is 8.32 Å². The fourth-order valence-corrected chi connectivity index (χ4v) is 4.78. The van der Waals surface area contributed by atoms with E-state index < -0.39 is 14.1 Å². The molecule has 0 fully saturated rings. The molecule has 0 aromatic heterocycles. The fourth-order valence-electron chi connectivity index (χ4n) is 3.42. The van der Waals surface area contributed by atoms with Crippen LogP contribution in [0.3, 0.4) is 0 Å². The number of methoxy groups -OCH3 is 2. The first kappa shape index (κ1) is 21.1. The minimum Gasteiger partial charge on any atom is -0.488 e. The first-order chi connectivity index (χ1) is 13.2. The van der Waals surface area contributed by atoms with Crippen LogP contribution in [-0.4, -0.2) is 22.5 Å². The van der Waals surface area contributed by atoms with Crippen molar-refractivity contribution in [3.8, 4) is 5.75 Å². The van der Waals surface area contributed by atoms with E-state index in [-0.39, 0.29) is 11.1 Å². The van der Waals surface area contributed by atoms with Crippen LogP contribution in [0.4, 0.5) is 0 Å². The topological polar surface area (TPSA) is 36.9 Å². The van der Waals surface area contributed by atoms with Gasteiger partial charge in [0, 0.05) is 14.2 Å². The Kier molecular flexibility index (Phi) is 5.74. The van der Waals surface area contributed by atoms with Gasteiger partial charge in [-0.1, -0.05) is 63.2 Å². The van der Waals surface area contributed by atoms with E-state index in [1.54, 1.807) is 14.2 Å². The van der Waals surface area contributed by atoms with Gasteiger partial charge >= 0.3 is 0 Å². The van der Waals surface area contributed by atoms with E-state index >= 15 is 0 Å². The number of ether oxygens (including phenoxy) is 3. The summed E-state index contributed by atoms with van der Waals surface area (Å²) in [5, 5.41) is 0.0480. The van der Waals surface area contributed by atoms with Gasteiger partial charge in [-0.25, -0.2) is 0 Å². The van der Waals surface area contributed by atoms with Crippen molar-refractivity contribution in [2.24, 2.45) is 0 Å². The molecule has 0 N–H and O–H groups in total. The summed E-state index contributed by atoms with van der Waals surface area (Å²) in [4.78, 5) is 0. The zero-order chi connectivity index (χ0) is 20.6. The molecule has 2 atom stereocenters. The maximum absolute atomic E-state index is 6.81. The Balaban J connectivity index is 1.97. The van der Waals surface area contributed by atoms with Gasteiger partial charge in [0.1, 0.15) is 18.5 Å². The van der Waals surface area contributed by atoms with Crippen molar-refractivity contribution in [2.45, 2.75) is 57.4 Å². The van der Waals surface area contributed by atoms with Crippen molar-refractivity contribution in [3.05, 3.63) is 65.2 Å². The van der Waals surface area contributed by atoms with Gasteiger partial charge < -0.3 is 18.6 Å². The Labute approximate surface area is 169 Å². The lowest BCUT2D eigenvalue weighted by atomic mass is 9.78. The third-order valence-electron chi connectivity index (χ3n) is 6.02. The Morgan fingerprint density at radius 3 is 2.21 bits per heavy atom. The number of hydrogen-bond donors (Lipinski definition) is 0. The van der Waals surface area contributed by atoms with E-state index in [0.29, 0.717) is 6.61 Å². The minimum absolute atomic E-state index is 0.0480. The number of benzene rings is 2. The van der Waals surface area contributed by atoms with Crippen LogP contribution in [0.2, 0.25) is 18.1 Å². The summed E-state index contributed by atoms with van der Waals surface area (Å²) >= 11 is 0. The largest absolute Gasteiger partial charge is 0.488 e. The molecule has 2 aromatic rings. The molecule has 0 radical (unpaired) electrons. The second-order valence-corrected chi connectivity index (χ2v) is 13.6. The number of hydrogen-bond acceptors (Lipinski definition) is 4. The Morgan fingerprint density at radius 2 is 1.64 bits per heavy atom. The van der Waals surface area contributed by atoms with Crippen molar-refractivity contribution < 1.29 is 18.6 Å². The third kappa shape index (κ3) is 3.52. The van der Waals surface area contributed by atoms with Crippen LogP contribution in [0.1, 0.15) is 43.6 Å². The lowest BCUT2D eigenvalue weighted by Gasteiger charge is -2.53. The summed E-state index contributed by atoms with van der Waals surface area (Å²) in [6.45, 7) is 11.6. The molecule has 2 aromatic carbocycles. The van der Waals surface area contributed by atoms with Gasteiger partial charge in [-0.15, -0.1) is 0 Å². The van der Waals surface area contributed by atoms with Gasteiger partial charge in [0.05, 0.1) is 5.56 Å². The predicted molar refractivity (Wildman–Crippen MR) is 114 cm³/mol. The molecule has 0 spiro atoms. The van der Waals surface area contributed by atoms with Crippen LogP contribution in [0.25, 0.3) is 0 Å². The van der Waals surface area contributed by atoms with Crippen molar-refractivity contribution >= 4 is 8.32 Å². The second-order valence-electron chi connectivity index (χ2n) is 8.84. The Morgan fingerprint density at radius 1 is 0.964 bits per heavy atom. The second kappa shape index (κ2) is 7.63. The first-order valence-corrected chi connectivity index (χ1v) is 12.7. The Bertz CT molecular complexity index is 813. The molecular formula is C23H32O4Si. The molecule has 0 bridgehead atoms. The summed E-state index contributed by atoms with van der Waals surface area (Å²) in [5.41, 5.74) is 3.13. The average molecular weight is 401 g/mol. The number of fused-ring (bicyclic) bond motifs is 1. The highest BCUT2D eigenvalue weighted by molar-refractivity contribution is 6.74. The molecule has 0 amide bonds. The van der Waals surface area contributed by atoms with E-state index in [0.717, 1.165) is 22.4 Å². The first-order valence-electron chi connectivity index (χ1n) is 9.74. The van der Waals surface area contributed by atoms with Crippen LogP contribution in [0.5, 0.6) is 5.75 Å². The minimum atomic E-state index is -2.13. The van der Waals surface area contributed by atoms with Crippen LogP contribution in [-0.2, 0) is 26.3 Å². The van der Waals surface area contributed by atoms with Gasteiger partial charge in [-0.05, 0) is 35.3 Å². The van der Waals surface area contributed by atoms with E-state index in [4.69, 9.17) is 18.6 Å². The smallest absolute Gasteiger partial charge is 0.221 e. The normalized spacial score (nSPS) is 21.8. The lowest BCUT2D eigenvalue weighted by Crippen LogP contribution is -2.56. The van der Waals surface area contributed by atoms with Crippen LogP contribution < -0.4 is 4.74 Å². The van der Waals surface area contributed by atoms with Gasteiger partial charge in [-0.2, -0.15) is 0 Å². The number of rotatable bonds is 7. The van der Waals surface area contributed by atoms with Gasteiger partial charge in [0.25, 0.3) is 0 Å². The monoisotopic (exact) mass is 400 g/mol. The molecule has 0 heterocycles. The zero-order valence-electron chi connectivity index (χ0n) is 18.0. The molecule has 1 aliphatic carbocycles. The predicted octanol–water partition coefficient (Wildman–Crippen LogP) is 5.79. The maximum Gasteiger partial charge on any atom is 0.221 e.